The van der Waals surface area contributed by atoms with E-state index in [1.165, 1.54) is 50.1 Å². The Labute approximate surface area is 368 Å². The minimum atomic E-state index is -0.0175. The third-order valence-corrected chi connectivity index (χ3v) is 11.7. The molecule has 3 heterocycles. The molecule has 9 aromatic rings. The SMILES string of the molecule is Cc1cccc(C)c1-c1cc(-c2c(C)cccc2C)cc(-[n+]2[c-]n(-c3[c-]c(Oc4[c-]c5c(cc4)c4ccccc4n5-c4cc(C(C)(C)C)ccn4)ccc3)c(C)c2C)c1.[Pt]. The largest absolute Gasteiger partial charge is 0.510 e. The molecular formula is C54H48N4OPt-2. The van der Waals surface area contributed by atoms with Gasteiger partial charge in [0.05, 0.1) is 11.4 Å². The summed E-state index contributed by atoms with van der Waals surface area (Å²) in [7, 11) is 0. The summed E-state index contributed by atoms with van der Waals surface area (Å²) in [5, 5.41) is 2.23. The molecule has 0 unspecified atom stereocenters. The molecule has 9 rings (SSSR count). The summed E-state index contributed by atoms with van der Waals surface area (Å²) in [6.45, 7) is 19.8. The van der Waals surface area contributed by atoms with Gasteiger partial charge in [0.15, 0.2) is 0 Å². The summed E-state index contributed by atoms with van der Waals surface area (Å²) >= 11 is 0. The number of benzene rings is 6. The Morgan fingerprint density at radius 2 is 1.23 bits per heavy atom. The summed E-state index contributed by atoms with van der Waals surface area (Å²) in [5.41, 5.74) is 17.1. The van der Waals surface area contributed by atoms with Gasteiger partial charge in [0.1, 0.15) is 5.82 Å². The van der Waals surface area contributed by atoms with Crippen LogP contribution < -0.4 is 9.30 Å². The van der Waals surface area contributed by atoms with Gasteiger partial charge >= 0.3 is 0 Å². The second-order valence-corrected chi connectivity index (χ2v) is 16.8. The average Bonchev–Trinajstić information content (AvgIpc) is 3.70. The Balaban J connectivity index is 0.00000499. The van der Waals surface area contributed by atoms with Gasteiger partial charge in [-0.05, 0) is 145 Å². The first-order chi connectivity index (χ1) is 28.4. The second-order valence-electron chi connectivity index (χ2n) is 16.8. The Morgan fingerprint density at radius 1 is 0.617 bits per heavy atom. The Morgan fingerprint density at radius 3 is 1.88 bits per heavy atom. The van der Waals surface area contributed by atoms with Crippen molar-refractivity contribution in [3.63, 3.8) is 0 Å². The molecule has 6 heteroatoms. The third kappa shape index (κ3) is 7.30. The Bertz CT molecular complexity index is 2980. The first-order valence-electron chi connectivity index (χ1n) is 20.3. The molecule has 60 heavy (non-hydrogen) atoms. The fraction of sp³-hybridized carbons (Fsp3) is 0.185. The van der Waals surface area contributed by atoms with E-state index in [9.17, 15) is 0 Å². The van der Waals surface area contributed by atoms with E-state index in [0.29, 0.717) is 11.5 Å². The maximum atomic E-state index is 6.57. The van der Waals surface area contributed by atoms with E-state index in [4.69, 9.17) is 9.72 Å². The van der Waals surface area contributed by atoms with E-state index < -0.39 is 0 Å². The van der Waals surface area contributed by atoms with Crippen LogP contribution in [-0.2, 0) is 26.5 Å². The molecule has 302 valence electrons. The van der Waals surface area contributed by atoms with Crippen molar-refractivity contribution < 1.29 is 30.4 Å². The van der Waals surface area contributed by atoms with E-state index in [2.05, 4.69) is 192 Å². The normalized spacial score (nSPS) is 11.6. The van der Waals surface area contributed by atoms with Gasteiger partial charge < -0.3 is 13.9 Å². The topological polar surface area (TPSA) is 35.9 Å². The van der Waals surface area contributed by atoms with Crippen LogP contribution in [0.4, 0.5) is 0 Å². The molecular weight excluding hydrogens is 916 g/mol. The van der Waals surface area contributed by atoms with Gasteiger partial charge in [0.2, 0.25) is 0 Å². The van der Waals surface area contributed by atoms with Crippen LogP contribution in [0.1, 0.15) is 60.0 Å². The molecule has 0 spiro atoms. The molecule has 0 amide bonds. The van der Waals surface area contributed by atoms with E-state index in [1.807, 2.05) is 30.5 Å². The van der Waals surface area contributed by atoms with Crippen molar-refractivity contribution in [2.45, 2.75) is 67.7 Å². The number of fused-ring (bicyclic) bond motifs is 3. The first-order valence-corrected chi connectivity index (χ1v) is 20.3. The number of nitrogens with zero attached hydrogens (tertiary/aromatic N) is 4. The number of rotatable bonds is 7. The Hall–Kier alpha value is -6.03. The molecule has 0 radical (unpaired) electrons. The molecule has 0 atom stereocenters. The monoisotopic (exact) mass is 963 g/mol. The molecule has 0 aliphatic carbocycles. The zero-order valence-corrected chi connectivity index (χ0v) is 37.9. The summed E-state index contributed by atoms with van der Waals surface area (Å²) in [4.78, 5) is 4.84. The zero-order valence-electron chi connectivity index (χ0n) is 35.6. The molecule has 0 fully saturated rings. The van der Waals surface area contributed by atoms with Crippen LogP contribution in [0.15, 0.2) is 128 Å². The van der Waals surface area contributed by atoms with Crippen LogP contribution in [0.5, 0.6) is 11.5 Å². The molecule has 5 nitrogen and oxygen atoms in total. The average molecular weight is 964 g/mol. The number of aromatic nitrogens is 4. The fourth-order valence-corrected chi connectivity index (χ4v) is 8.55. The van der Waals surface area contributed by atoms with Crippen molar-refractivity contribution in [3.05, 3.63) is 185 Å². The number of para-hydroxylation sites is 1. The van der Waals surface area contributed by atoms with Crippen molar-refractivity contribution in [1.29, 1.82) is 0 Å². The van der Waals surface area contributed by atoms with E-state index in [0.717, 1.165) is 50.4 Å². The maximum absolute atomic E-state index is 6.57. The standard InChI is InChI=1S/C54H48N4O.Pt/c1-34-15-12-16-35(2)52(34)40-27-41(53-36(3)17-13-18-37(53)4)29-44(28-40)57-33-56(38(5)39(57)6)43-19-14-20-45(31-43)59-46-23-24-48-47-21-10-11-22-49(47)58(50(48)32-46)51-30-42(25-26-55-51)54(7,8)9;/h10-30H,1-9H3;/q-2;. The first kappa shape index (κ1) is 40.7. The summed E-state index contributed by atoms with van der Waals surface area (Å²) < 4.78 is 13.0. The zero-order chi connectivity index (χ0) is 41.2. The number of imidazole rings is 1. The fourth-order valence-electron chi connectivity index (χ4n) is 8.55. The van der Waals surface area contributed by atoms with Gasteiger partial charge in [-0.25, -0.2) is 4.98 Å². The second kappa shape index (κ2) is 15.9. The predicted molar refractivity (Wildman–Crippen MR) is 240 cm³/mol. The molecule has 0 bridgehead atoms. The number of hydrogen-bond donors (Lipinski definition) is 0. The quantitative estimate of drug-likeness (QED) is 0.118. The molecule has 0 aliphatic rings. The van der Waals surface area contributed by atoms with Gasteiger partial charge in [0.25, 0.3) is 6.33 Å². The van der Waals surface area contributed by atoms with Crippen molar-refractivity contribution in [1.82, 2.24) is 14.1 Å². The van der Waals surface area contributed by atoms with Crippen LogP contribution in [0.3, 0.4) is 0 Å². The van der Waals surface area contributed by atoms with Crippen LogP contribution in [0.2, 0.25) is 0 Å². The van der Waals surface area contributed by atoms with Crippen LogP contribution in [0.25, 0.3) is 61.3 Å². The van der Waals surface area contributed by atoms with Crippen molar-refractivity contribution >= 4 is 21.8 Å². The van der Waals surface area contributed by atoms with Crippen LogP contribution in [0, 0.1) is 60.0 Å². The molecule has 6 aromatic carbocycles. The number of aryl methyl sites for hydroxylation is 4. The molecule has 0 aliphatic heterocycles. The third-order valence-electron chi connectivity index (χ3n) is 11.7. The van der Waals surface area contributed by atoms with Gasteiger partial charge in [-0.2, -0.15) is 18.2 Å². The predicted octanol–water partition coefficient (Wildman–Crippen LogP) is 12.9. The maximum Gasteiger partial charge on any atom is 0.267 e. The van der Waals surface area contributed by atoms with Crippen molar-refractivity contribution in [2.24, 2.45) is 0 Å². The van der Waals surface area contributed by atoms with E-state index in [1.54, 1.807) is 0 Å². The molecule has 3 aromatic heterocycles. The molecule has 0 saturated carbocycles. The Kier molecular flexibility index (Phi) is 10.8. The smallest absolute Gasteiger partial charge is 0.267 e. The summed E-state index contributed by atoms with van der Waals surface area (Å²) in [6.07, 6.45) is 5.60. The van der Waals surface area contributed by atoms with Gasteiger partial charge in [0, 0.05) is 50.0 Å². The van der Waals surface area contributed by atoms with E-state index in [-0.39, 0.29) is 26.5 Å². The minimum Gasteiger partial charge on any atom is -0.510 e. The molecule has 0 N–H and O–H groups in total. The van der Waals surface area contributed by atoms with Crippen molar-refractivity contribution in [3.8, 4) is 50.9 Å². The van der Waals surface area contributed by atoms with Crippen LogP contribution >= 0.6 is 0 Å². The van der Waals surface area contributed by atoms with Gasteiger partial charge in [-0.1, -0.05) is 80.9 Å². The van der Waals surface area contributed by atoms with E-state index >= 15 is 0 Å². The van der Waals surface area contributed by atoms with Gasteiger partial charge in [-0.3, -0.25) is 4.57 Å². The van der Waals surface area contributed by atoms with Gasteiger partial charge in [-0.15, -0.1) is 29.7 Å². The number of ether oxygens (including phenoxy) is 1. The van der Waals surface area contributed by atoms with Crippen molar-refractivity contribution in [2.75, 3.05) is 0 Å². The minimum absolute atomic E-state index is 0. The summed E-state index contributed by atoms with van der Waals surface area (Å²) in [5.74, 6) is 2.05. The summed E-state index contributed by atoms with van der Waals surface area (Å²) in [6, 6.07) is 50.0. The molecule has 0 saturated heterocycles. The number of pyridine rings is 1. The number of hydrogen-bond acceptors (Lipinski definition) is 2. The van der Waals surface area contributed by atoms with Crippen LogP contribution in [-0.4, -0.2) is 14.1 Å².